The van der Waals surface area contributed by atoms with Crippen molar-refractivity contribution >= 4 is 10.9 Å². The van der Waals surface area contributed by atoms with Crippen LogP contribution in [0, 0.1) is 6.92 Å². The van der Waals surface area contributed by atoms with E-state index in [0.717, 1.165) is 30.6 Å². The fourth-order valence-corrected chi connectivity index (χ4v) is 2.50. The van der Waals surface area contributed by atoms with Gasteiger partial charge in [-0.2, -0.15) is 0 Å². The molecule has 0 radical (unpaired) electrons. The first kappa shape index (κ1) is 14.7. The van der Waals surface area contributed by atoms with Crippen LogP contribution in [-0.2, 0) is 0 Å². The van der Waals surface area contributed by atoms with E-state index in [0.29, 0.717) is 0 Å². The first-order chi connectivity index (χ1) is 9.61. The first-order valence-electron chi connectivity index (χ1n) is 7.36. The van der Waals surface area contributed by atoms with Crippen LogP contribution in [0.1, 0.15) is 44.0 Å². The molecule has 20 heavy (non-hydrogen) atoms. The van der Waals surface area contributed by atoms with Crippen LogP contribution in [-0.4, -0.2) is 11.5 Å². The summed E-state index contributed by atoms with van der Waals surface area (Å²) in [5, 5.41) is 4.82. The van der Waals surface area contributed by atoms with Gasteiger partial charge >= 0.3 is 0 Å². The van der Waals surface area contributed by atoms with Gasteiger partial charge in [0.1, 0.15) is 0 Å². The number of aryl methyl sites for hydroxylation is 1. The first-order valence-corrected chi connectivity index (χ1v) is 7.36. The summed E-state index contributed by atoms with van der Waals surface area (Å²) in [7, 11) is 0. The number of rotatable bonds is 6. The van der Waals surface area contributed by atoms with Gasteiger partial charge in [0.05, 0.1) is 17.3 Å². The fourth-order valence-electron chi connectivity index (χ4n) is 2.50. The SMILES string of the molecule is C=C(C)CC(NCCC)c1cc(C)c2ccccc2n1. The molecule has 0 aliphatic heterocycles. The highest BCUT2D eigenvalue weighted by Gasteiger charge is 2.14. The zero-order chi connectivity index (χ0) is 14.5. The van der Waals surface area contributed by atoms with Gasteiger partial charge in [0.15, 0.2) is 0 Å². The van der Waals surface area contributed by atoms with Crippen LogP contribution in [0.5, 0.6) is 0 Å². The Hall–Kier alpha value is -1.67. The Morgan fingerprint density at radius 2 is 2.10 bits per heavy atom. The number of hydrogen-bond acceptors (Lipinski definition) is 2. The summed E-state index contributed by atoms with van der Waals surface area (Å²) in [5.41, 5.74) is 4.67. The largest absolute Gasteiger partial charge is 0.308 e. The third kappa shape index (κ3) is 3.45. The standard InChI is InChI=1S/C18H24N2/c1-5-10-19-17(11-13(2)3)18-12-14(4)15-8-6-7-9-16(15)20-18/h6-9,12,17,19H,2,5,10-11H2,1,3-4H3. The molecule has 2 heteroatoms. The van der Waals surface area contributed by atoms with Crippen LogP contribution in [0.3, 0.4) is 0 Å². The molecule has 2 aromatic rings. The zero-order valence-corrected chi connectivity index (χ0v) is 12.7. The van der Waals surface area contributed by atoms with E-state index < -0.39 is 0 Å². The second-order valence-electron chi connectivity index (χ2n) is 5.55. The lowest BCUT2D eigenvalue weighted by molar-refractivity contribution is 0.518. The topological polar surface area (TPSA) is 24.9 Å². The summed E-state index contributed by atoms with van der Waals surface area (Å²) in [6.07, 6.45) is 2.06. The summed E-state index contributed by atoms with van der Waals surface area (Å²) >= 11 is 0. The van der Waals surface area contributed by atoms with Crippen molar-refractivity contribution in [1.82, 2.24) is 10.3 Å². The van der Waals surface area contributed by atoms with E-state index in [1.165, 1.54) is 16.5 Å². The molecule has 0 spiro atoms. The summed E-state index contributed by atoms with van der Waals surface area (Å²) in [6.45, 7) is 11.5. The number of hydrogen-bond donors (Lipinski definition) is 1. The predicted octanol–water partition coefficient (Wildman–Crippen LogP) is 4.55. The van der Waals surface area contributed by atoms with Gasteiger partial charge in [-0.3, -0.25) is 4.98 Å². The smallest absolute Gasteiger partial charge is 0.0708 e. The van der Waals surface area contributed by atoms with Crippen molar-refractivity contribution in [3.05, 3.63) is 53.7 Å². The molecule has 0 amide bonds. The summed E-state index contributed by atoms with van der Waals surface area (Å²) in [5.74, 6) is 0. The molecule has 106 valence electrons. The van der Waals surface area contributed by atoms with Crippen LogP contribution >= 0.6 is 0 Å². The van der Waals surface area contributed by atoms with E-state index in [4.69, 9.17) is 4.98 Å². The van der Waals surface area contributed by atoms with Crippen LogP contribution < -0.4 is 5.32 Å². The molecule has 2 rings (SSSR count). The normalized spacial score (nSPS) is 12.6. The van der Waals surface area contributed by atoms with Crippen molar-refractivity contribution in [2.45, 2.75) is 39.7 Å². The molecule has 0 saturated carbocycles. The summed E-state index contributed by atoms with van der Waals surface area (Å²) in [6, 6.07) is 10.8. The lowest BCUT2D eigenvalue weighted by Gasteiger charge is -2.19. The highest BCUT2D eigenvalue weighted by Crippen LogP contribution is 2.24. The highest BCUT2D eigenvalue weighted by molar-refractivity contribution is 5.82. The van der Waals surface area contributed by atoms with E-state index in [-0.39, 0.29) is 6.04 Å². The zero-order valence-electron chi connectivity index (χ0n) is 12.7. The van der Waals surface area contributed by atoms with Crippen molar-refractivity contribution in [2.24, 2.45) is 0 Å². The number of para-hydroxylation sites is 1. The Morgan fingerprint density at radius 1 is 1.35 bits per heavy atom. The molecule has 0 aliphatic carbocycles. The number of nitrogens with zero attached hydrogens (tertiary/aromatic N) is 1. The van der Waals surface area contributed by atoms with Gasteiger partial charge in [0.2, 0.25) is 0 Å². The van der Waals surface area contributed by atoms with Gasteiger partial charge < -0.3 is 5.32 Å². The van der Waals surface area contributed by atoms with Crippen LogP contribution in [0.25, 0.3) is 10.9 Å². The average molecular weight is 268 g/mol. The second kappa shape index (κ2) is 6.67. The average Bonchev–Trinajstić information content (AvgIpc) is 2.43. The van der Waals surface area contributed by atoms with Gasteiger partial charge in [-0.25, -0.2) is 0 Å². The predicted molar refractivity (Wildman–Crippen MR) is 86.9 cm³/mol. The minimum Gasteiger partial charge on any atom is -0.308 e. The van der Waals surface area contributed by atoms with E-state index in [2.05, 4.69) is 56.9 Å². The Balaban J connectivity index is 2.39. The Bertz CT molecular complexity index is 601. The van der Waals surface area contributed by atoms with Crippen molar-refractivity contribution in [3.8, 4) is 0 Å². The van der Waals surface area contributed by atoms with Crippen molar-refractivity contribution in [1.29, 1.82) is 0 Å². The number of nitrogens with one attached hydrogen (secondary N) is 1. The van der Waals surface area contributed by atoms with Crippen molar-refractivity contribution < 1.29 is 0 Å². The molecule has 0 bridgehead atoms. The maximum absolute atomic E-state index is 4.84. The maximum Gasteiger partial charge on any atom is 0.0708 e. The molecular weight excluding hydrogens is 244 g/mol. The van der Waals surface area contributed by atoms with Gasteiger partial charge in [-0.15, -0.1) is 6.58 Å². The molecule has 1 atom stereocenters. The lowest BCUT2D eigenvalue weighted by Crippen LogP contribution is -2.23. The van der Waals surface area contributed by atoms with Crippen molar-refractivity contribution in [2.75, 3.05) is 6.54 Å². The molecule has 1 aromatic heterocycles. The molecule has 0 aliphatic rings. The third-order valence-corrected chi connectivity index (χ3v) is 3.49. The van der Waals surface area contributed by atoms with Crippen LogP contribution in [0.15, 0.2) is 42.5 Å². The Labute approximate surface area is 121 Å². The minimum absolute atomic E-state index is 0.260. The monoisotopic (exact) mass is 268 g/mol. The third-order valence-electron chi connectivity index (χ3n) is 3.49. The fraction of sp³-hybridized carbons (Fsp3) is 0.389. The van der Waals surface area contributed by atoms with Crippen molar-refractivity contribution in [3.63, 3.8) is 0 Å². The molecule has 0 fully saturated rings. The maximum atomic E-state index is 4.84. The second-order valence-corrected chi connectivity index (χ2v) is 5.55. The minimum atomic E-state index is 0.260. The summed E-state index contributed by atoms with van der Waals surface area (Å²) < 4.78 is 0. The molecule has 1 aromatic carbocycles. The molecular formula is C18H24N2. The number of aromatic nitrogens is 1. The van der Waals surface area contributed by atoms with E-state index in [9.17, 15) is 0 Å². The molecule has 0 saturated heterocycles. The van der Waals surface area contributed by atoms with Gasteiger partial charge in [-0.05, 0) is 50.9 Å². The summed E-state index contributed by atoms with van der Waals surface area (Å²) in [4.78, 5) is 4.84. The van der Waals surface area contributed by atoms with Gasteiger partial charge in [-0.1, -0.05) is 30.7 Å². The lowest BCUT2D eigenvalue weighted by atomic mass is 10.0. The quantitative estimate of drug-likeness (QED) is 0.777. The van der Waals surface area contributed by atoms with Crippen LogP contribution in [0.2, 0.25) is 0 Å². The Kier molecular flexibility index (Phi) is 4.91. The highest BCUT2D eigenvalue weighted by atomic mass is 14.9. The van der Waals surface area contributed by atoms with E-state index in [1.54, 1.807) is 0 Å². The van der Waals surface area contributed by atoms with Gasteiger partial charge in [0.25, 0.3) is 0 Å². The molecule has 1 N–H and O–H groups in total. The Morgan fingerprint density at radius 3 is 2.80 bits per heavy atom. The van der Waals surface area contributed by atoms with E-state index in [1.807, 2.05) is 6.07 Å². The van der Waals surface area contributed by atoms with E-state index >= 15 is 0 Å². The number of pyridine rings is 1. The number of fused-ring (bicyclic) bond motifs is 1. The number of benzene rings is 1. The van der Waals surface area contributed by atoms with Gasteiger partial charge in [0, 0.05) is 5.39 Å². The van der Waals surface area contributed by atoms with Crippen LogP contribution in [0.4, 0.5) is 0 Å². The molecule has 2 nitrogen and oxygen atoms in total. The molecule has 1 heterocycles. The molecule has 1 unspecified atom stereocenters.